The largest absolute Gasteiger partial charge is 0.466 e. The minimum absolute atomic E-state index is 0.0266. The molecule has 0 aliphatic carbocycles. The van der Waals surface area contributed by atoms with Gasteiger partial charge in [0.05, 0.1) is 29.2 Å². The van der Waals surface area contributed by atoms with E-state index in [2.05, 4.69) is 22.1 Å². The normalized spacial score (nSPS) is 18.5. The van der Waals surface area contributed by atoms with E-state index < -0.39 is 47.6 Å². The molecule has 0 saturated carbocycles. The van der Waals surface area contributed by atoms with Crippen LogP contribution in [0.25, 0.3) is 0 Å². The van der Waals surface area contributed by atoms with Crippen molar-refractivity contribution in [2.75, 3.05) is 23.3 Å². The molecule has 25 heteroatoms. The van der Waals surface area contributed by atoms with E-state index in [1.807, 2.05) is 22.6 Å². The molecule has 14 N–H and O–H groups in total. The predicted octanol–water partition coefficient (Wildman–Crippen LogP) is -4.42. The summed E-state index contributed by atoms with van der Waals surface area (Å²) in [6, 6.07) is 0. The van der Waals surface area contributed by atoms with Gasteiger partial charge in [0.25, 0.3) is 0 Å². The van der Waals surface area contributed by atoms with Crippen molar-refractivity contribution in [3.63, 3.8) is 0 Å². The van der Waals surface area contributed by atoms with Crippen LogP contribution in [0.2, 0.25) is 0 Å². The molecule has 2 rings (SSSR count). The number of anilines is 1. The summed E-state index contributed by atoms with van der Waals surface area (Å²) in [7, 11) is -13.9. The number of hydrogen-bond donors (Lipinski definition) is 13. The maximum absolute atomic E-state index is 12.0. The lowest BCUT2D eigenvalue weighted by Gasteiger charge is -2.15. The Bertz CT molecular complexity index is 1110. The third-order valence-corrected chi connectivity index (χ3v) is 4.09. The Morgan fingerprint density at radius 3 is 1.95 bits per heavy atom. The number of nitrogens with zero attached hydrogens (tertiary/aromatic N) is 2. The lowest BCUT2D eigenvalue weighted by molar-refractivity contribution is -0.118. The number of nitrogens with one attached hydrogen (secondary N) is 1. The second-order valence-electron chi connectivity index (χ2n) is 6.60. The van der Waals surface area contributed by atoms with Gasteiger partial charge in [-0.05, 0) is 0 Å². The number of aliphatic hydroxyl groups excluding tert-OH is 2. The molecule has 1 aromatic heterocycles. The van der Waals surface area contributed by atoms with Crippen molar-refractivity contribution in [1.29, 1.82) is 0 Å². The maximum Gasteiger partial charge on any atom is 0.466 e. The van der Waals surface area contributed by atoms with E-state index in [9.17, 15) is 14.7 Å². The molecule has 0 unspecified atom stereocenters. The fraction of sp³-hybridized carbons (Fsp3) is 0.500. The van der Waals surface area contributed by atoms with Crippen LogP contribution in [0, 0.1) is 11.8 Å². The van der Waals surface area contributed by atoms with Crippen LogP contribution in [0.15, 0.2) is 11.0 Å². The zero-order valence-corrected chi connectivity index (χ0v) is 24.0. The average molecular weight is 742 g/mol. The zero-order chi connectivity index (χ0) is 31.2. The molecule has 0 bridgehead atoms. The van der Waals surface area contributed by atoms with E-state index in [1.54, 1.807) is 0 Å². The van der Waals surface area contributed by atoms with E-state index in [-0.39, 0.29) is 31.3 Å². The summed E-state index contributed by atoms with van der Waals surface area (Å²) in [5.41, 5.74) is 5.37. The smallest absolute Gasteiger partial charge is 0.394 e. The van der Waals surface area contributed by atoms with Gasteiger partial charge >= 0.3 is 29.2 Å². The molecule has 0 spiro atoms. The number of halogens is 1. The standard InChI is InChI=1S/C14H17IN4O5.3H3O4P/c15-5-11(22)17-3-1-2-8-6-19(14(23)18-13(8)16)12-4-9(21)10(7-20)24-12;3*1-5(2,3)4/h6,9-10,12,20-21H,3-5,7H2,(H,17,22)(H2,16,18,23);3*(H3,1,2,3,4)/t9-,10+,12+;;;/m0.../s1. The molecule has 21 nitrogen and oxygen atoms in total. The lowest BCUT2D eigenvalue weighted by atomic mass is 10.2. The number of carbonyl (C=O) groups excluding carboxylic acids is 1. The first-order valence-electron chi connectivity index (χ1n) is 9.45. The number of hydrogen-bond acceptors (Lipinski definition) is 10. The molecule has 1 aromatic rings. The van der Waals surface area contributed by atoms with E-state index in [1.165, 1.54) is 10.8 Å². The second kappa shape index (κ2) is 18.2. The first-order valence-corrected chi connectivity index (χ1v) is 15.7. The van der Waals surface area contributed by atoms with Crippen molar-refractivity contribution in [2.24, 2.45) is 0 Å². The Morgan fingerprint density at radius 2 is 1.56 bits per heavy atom. The summed E-state index contributed by atoms with van der Waals surface area (Å²) in [4.78, 5) is 91.5. The summed E-state index contributed by atoms with van der Waals surface area (Å²) in [6.45, 7) is -0.205. The highest BCUT2D eigenvalue weighted by atomic mass is 127. The van der Waals surface area contributed by atoms with Crippen molar-refractivity contribution in [1.82, 2.24) is 14.9 Å². The van der Waals surface area contributed by atoms with E-state index in [0.717, 1.165) is 0 Å². The van der Waals surface area contributed by atoms with E-state index >= 15 is 0 Å². The van der Waals surface area contributed by atoms with Gasteiger partial charge in [-0.25, -0.2) is 18.5 Å². The van der Waals surface area contributed by atoms with Crippen LogP contribution in [0.4, 0.5) is 5.82 Å². The molecule has 1 saturated heterocycles. The molecule has 1 aliphatic rings. The molecule has 0 aromatic carbocycles. The summed E-state index contributed by atoms with van der Waals surface area (Å²) in [6.07, 6.45) is -0.832. The topological polar surface area (TPSA) is 373 Å². The number of amides is 1. The molecule has 1 amide bonds. The van der Waals surface area contributed by atoms with Gasteiger partial charge < -0.3 is 70.0 Å². The molecule has 226 valence electrons. The van der Waals surface area contributed by atoms with Gasteiger partial charge in [-0.15, -0.1) is 0 Å². The van der Waals surface area contributed by atoms with Crippen molar-refractivity contribution in [3.8, 4) is 11.8 Å². The van der Waals surface area contributed by atoms with Crippen LogP contribution in [-0.4, -0.2) is 99.5 Å². The van der Waals surface area contributed by atoms with Crippen molar-refractivity contribution >= 4 is 57.8 Å². The fourth-order valence-electron chi connectivity index (χ4n) is 2.16. The first-order chi connectivity index (χ1) is 17.5. The third kappa shape index (κ3) is 25.4. The number of phosphoric acid groups is 3. The predicted molar refractivity (Wildman–Crippen MR) is 136 cm³/mol. The van der Waals surface area contributed by atoms with Gasteiger partial charge in [0, 0.05) is 12.6 Å². The minimum Gasteiger partial charge on any atom is -0.394 e. The van der Waals surface area contributed by atoms with Gasteiger partial charge in [0.1, 0.15) is 18.1 Å². The van der Waals surface area contributed by atoms with E-state index in [0.29, 0.717) is 9.99 Å². The Balaban J connectivity index is 0. The minimum atomic E-state index is -4.64. The highest BCUT2D eigenvalue weighted by Crippen LogP contribution is 2.28. The van der Waals surface area contributed by atoms with E-state index in [4.69, 9.17) is 73.3 Å². The van der Waals surface area contributed by atoms with Crippen molar-refractivity contribution in [2.45, 2.75) is 24.9 Å². The van der Waals surface area contributed by atoms with Gasteiger partial charge in [-0.1, -0.05) is 34.4 Å². The molecule has 3 atom stereocenters. The molecule has 1 aliphatic heterocycles. The Kier molecular flexibility index (Phi) is 18.5. The summed E-state index contributed by atoms with van der Waals surface area (Å²) in [5.74, 6) is 5.30. The number of alkyl halides is 1. The van der Waals surface area contributed by atoms with Crippen LogP contribution >= 0.6 is 46.1 Å². The molecule has 0 radical (unpaired) electrons. The fourth-order valence-corrected chi connectivity index (χ4v) is 2.43. The van der Waals surface area contributed by atoms with Crippen molar-refractivity contribution in [3.05, 3.63) is 22.2 Å². The number of rotatable bonds is 4. The molecule has 1 fully saturated rings. The van der Waals surface area contributed by atoms with Crippen LogP contribution < -0.4 is 16.7 Å². The Morgan fingerprint density at radius 1 is 1.10 bits per heavy atom. The first kappa shape index (κ1) is 39.8. The van der Waals surface area contributed by atoms with Gasteiger partial charge in [0.2, 0.25) is 5.91 Å². The average Bonchev–Trinajstić information content (AvgIpc) is 3.09. The molecule has 2 heterocycles. The maximum atomic E-state index is 12.0. The van der Waals surface area contributed by atoms with Gasteiger partial charge in [-0.2, -0.15) is 4.98 Å². The lowest BCUT2D eigenvalue weighted by Crippen LogP contribution is -2.29. The van der Waals surface area contributed by atoms with Crippen LogP contribution in [0.1, 0.15) is 18.2 Å². The molecular formula is C14H26IN4O17P3. The summed E-state index contributed by atoms with van der Waals surface area (Å²) < 4.78 is 33.6. The number of aliphatic hydroxyl groups is 2. The summed E-state index contributed by atoms with van der Waals surface area (Å²) >= 11 is 1.94. The number of nitrogens with two attached hydrogens (primary N) is 1. The molecule has 39 heavy (non-hydrogen) atoms. The number of nitrogen functional groups attached to an aromatic ring is 1. The number of ether oxygens (including phenoxy) is 1. The van der Waals surface area contributed by atoms with Crippen LogP contribution in [0.3, 0.4) is 0 Å². The van der Waals surface area contributed by atoms with Gasteiger partial charge in [-0.3, -0.25) is 9.36 Å². The third-order valence-electron chi connectivity index (χ3n) is 3.39. The van der Waals surface area contributed by atoms with Crippen LogP contribution in [0.5, 0.6) is 0 Å². The van der Waals surface area contributed by atoms with Crippen molar-refractivity contribution < 1.29 is 77.5 Å². The monoisotopic (exact) mass is 742 g/mol. The summed E-state index contributed by atoms with van der Waals surface area (Å²) in [5, 5.41) is 21.5. The molecular weight excluding hydrogens is 716 g/mol. The number of carbonyl (C=O) groups is 1. The van der Waals surface area contributed by atoms with Gasteiger partial charge in [0.15, 0.2) is 0 Å². The Labute approximate surface area is 232 Å². The zero-order valence-electron chi connectivity index (χ0n) is 19.2. The highest BCUT2D eigenvalue weighted by molar-refractivity contribution is 14.1. The quantitative estimate of drug-likeness (QED) is 0.0599. The SMILES string of the molecule is Nc1nc(=O)n([C@H]2C[C@H](O)[C@@H](CO)O2)cc1C#CCNC(=O)CI.O=P(O)(O)O.O=P(O)(O)O.O=P(O)(O)O. The highest BCUT2D eigenvalue weighted by Gasteiger charge is 2.35. The number of aromatic nitrogens is 2. The second-order valence-corrected chi connectivity index (χ2v) is 10.4. The Hall–Kier alpha value is -1.35. The van der Waals surface area contributed by atoms with Crippen LogP contribution in [-0.2, 0) is 23.2 Å².